The molecular formula is C22H16Cl2N4O3S. The number of nitrogens with zero attached hydrogens (tertiary/aromatic N) is 2. The molecule has 0 saturated heterocycles. The molecule has 1 aromatic heterocycles. The number of sulfonamides is 1. The lowest BCUT2D eigenvalue weighted by atomic mass is 10.3. The summed E-state index contributed by atoms with van der Waals surface area (Å²) in [5.74, 6) is -0.432. The van der Waals surface area contributed by atoms with Crippen LogP contribution in [0, 0.1) is 0 Å². The maximum Gasteiger partial charge on any atom is 0.262 e. The van der Waals surface area contributed by atoms with Crippen LogP contribution in [0.4, 0.5) is 11.4 Å². The predicted molar refractivity (Wildman–Crippen MR) is 125 cm³/mol. The van der Waals surface area contributed by atoms with Gasteiger partial charge in [-0.3, -0.25) is 9.52 Å². The first-order valence-electron chi connectivity index (χ1n) is 9.31. The summed E-state index contributed by atoms with van der Waals surface area (Å²) in [6.07, 6.45) is 2.99. The van der Waals surface area contributed by atoms with E-state index in [4.69, 9.17) is 23.2 Å². The van der Waals surface area contributed by atoms with Gasteiger partial charge in [0.25, 0.3) is 15.9 Å². The van der Waals surface area contributed by atoms with Crippen molar-refractivity contribution in [2.75, 3.05) is 10.0 Å². The van der Waals surface area contributed by atoms with Gasteiger partial charge in [0.15, 0.2) is 0 Å². The molecule has 10 heteroatoms. The van der Waals surface area contributed by atoms with E-state index in [-0.39, 0.29) is 15.6 Å². The van der Waals surface area contributed by atoms with Gasteiger partial charge in [-0.2, -0.15) is 5.10 Å². The molecule has 0 unspecified atom stereocenters. The maximum absolute atomic E-state index is 12.7. The number of aromatic nitrogens is 2. The molecule has 32 heavy (non-hydrogen) atoms. The number of carbonyl (C=O) groups excluding carboxylic acids is 1. The third kappa shape index (κ3) is 4.94. The molecule has 4 rings (SSSR count). The number of anilines is 2. The lowest BCUT2D eigenvalue weighted by Crippen LogP contribution is -2.15. The lowest BCUT2D eigenvalue weighted by Gasteiger charge is -2.11. The molecule has 0 aliphatic rings. The average molecular weight is 487 g/mol. The Bertz CT molecular complexity index is 1390. The summed E-state index contributed by atoms with van der Waals surface area (Å²) in [6, 6.07) is 19.4. The number of rotatable bonds is 6. The molecule has 0 aliphatic carbocycles. The summed E-state index contributed by atoms with van der Waals surface area (Å²) in [4.78, 5) is 12.6. The molecule has 0 aliphatic heterocycles. The molecule has 1 heterocycles. The van der Waals surface area contributed by atoms with Gasteiger partial charge in [0.05, 0.1) is 33.1 Å². The number of halogens is 2. The standard InChI is InChI=1S/C22H16Cl2N4O3S/c23-16-8-10-18(11-9-16)28-14-15(13-25-28)22(29)26-17-4-3-5-19(12-17)32(30,31)27-21-7-2-1-6-20(21)24/h1-14,27H,(H,26,29). The van der Waals surface area contributed by atoms with Crippen molar-refractivity contribution in [1.82, 2.24) is 9.78 Å². The van der Waals surface area contributed by atoms with E-state index < -0.39 is 15.9 Å². The van der Waals surface area contributed by atoms with Crippen molar-refractivity contribution in [3.8, 4) is 5.69 Å². The second-order valence-electron chi connectivity index (χ2n) is 6.72. The molecule has 0 saturated carbocycles. The van der Waals surface area contributed by atoms with Crippen LogP contribution < -0.4 is 10.0 Å². The molecule has 0 radical (unpaired) electrons. The van der Waals surface area contributed by atoms with Crippen molar-refractivity contribution < 1.29 is 13.2 Å². The van der Waals surface area contributed by atoms with Crippen LogP contribution >= 0.6 is 23.2 Å². The average Bonchev–Trinajstić information content (AvgIpc) is 3.26. The Hall–Kier alpha value is -3.33. The Balaban J connectivity index is 1.51. The summed E-state index contributed by atoms with van der Waals surface area (Å²) in [6.45, 7) is 0. The number of hydrogen-bond acceptors (Lipinski definition) is 4. The number of para-hydroxylation sites is 1. The zero-order valence-corrected chi connectivity index (χ0v) is 18.7. The molecule has 0 spiro atoms. The zero-order valence-electron chi connectivity index (χ0n) is 16.4. The largest absolute Gasteiger partial charge is 0.322 e. The highest BCUT2D eigenvalue weighted by molar-refractivity contribution is 7.92. The molecule has 3 aromatic carbocycles. The van der Waals surface area contributed by atoms with Gasteiger partial charge in [0.1, 0.15) is 0 Å². The van der Waals surface area contributed by atoms with Gasteiger partial charge >= 0.3 is 0 Å². The Labute approximate surface area is 194 Å². The topological polar surface area (TPSA) is 93.1 Å². The van der Waals surface area contributed by atoms with Crippen LogP contribution in [-0.4, -0.2) is 24.1 Å². The van der Waals surface area contributed by atoms with E-state index in [0.29, 0.717) is 16.3 Å². The number of hydrogen-bond donors (Lipinski definition) is 2. The molecule has 4 aromatic rings. The van der Waals surface area contributed by atoms with Crippen LogP contribution in [0.5, 0.6) is 0 Å². The first-order valence-corrected chi connectivity index (χ1v) is 11.6. The van der Waals surface area contributed by atoms with Crippen LogP contribution in [0.1, 0.15) is 10.4 Å². The molecular weight excluding hydrogens is 471 g/mol. The number of carbonyl (C=O) groups is 1. The molecule has 1 amide bonds. The fourth-order valence-corrected chi connectivity index (χ4v) is 4.36. The predicted octanol–water partition coefficient (Wildman–Crippen LogP) is 5.23. The van der Waals surface area contributed by atoms with Crippen LogP contribution in [0.2, 0.25) is 10.0 Å². The summed E-state index contributed by atoms with van der Waals surface area (Å²) in [5.41, 5.74) is 1.63. The molecule has 0 bridgehead atoms. The Morgan fingerprint density at radius 1 is 0.938 bits per heavy atom. The van der Waals surface area contributed by atoms with E-state index in [1.54, 1.807) is 65.5 Å². The summed E-state index contributed by atoms with van der Waals surface area (Å²) in [5, 5.41) is 7.74. The monoisotopic (exact) mass is 486 g/mol. The van der Waals surface area contributed by atoms with Crippen LogP contribution in [0.25, 0.3) is 5.69 Å². The molecule has 2 N–H and O–H groups in total. The Kier molecular flexibility index (Phi) is 6.18. The molecule has 162 valence electrons. The van der Waals surface area contributed by atoms with E-state index in [1.165, 1.54) is 24.4 Å². The third-order valence-corrected chi connectivity index (χ3v) is 6.40. The number of benzene rings is 3. The highest BCUT2D eigenvalue weighted by Gasteiger charge is 2.17. The van der Waals surface area contributed by atoms with E-state index >= 15 is 0 Å². The van der Waals surface area contributed by atoms with Gasteiger partial charge in [0.2, 0.25) is 0 Å². The second-order valence-corrected chi connectivity index (χ2v) is 9.24. The highest BCUT2D eigenvalue weighted by atomic mass is 35.5. The van der Waals surface area contributed by atoms with Crippen molar-refractivity contribution in [2.24, 2.45) is 0 Å². The van der Waals surface area contributed by atoms with E-state index in [9.17, 15) is 13.2 Å². The minimum atomic E-state index is -3.91. The van der Waals surface area contributed by atoms with Crippen molar-refractivity contribution in [2.45, 2.75) is 4.90 Å². The maximum atomic E-state index is 12.7. The molecule has 7 nitrogen and oxygen atoms in total. The van der Waals surface area contributed by atoms with E-state index in [1.807, 2.05) is 0 Å². The lowest BCUT2D eigenvalue weighted by molar-refractivity contribution is 0.102. The van der Waals surface area contributed by atoms with Crippen molar-refractivity contribution in [1.29, 1.82) is 0 Å². The van der Waals surface area contributed by atoms with Crippen molar-refractivity contribution in [3.63, 3.8) is 0 Å². The molecule has 0 fully saturated rings. The Morgan fingerprint density at radius 3 is 2.44 bits per heavy atom. The highest BCUT2D eigenvalue weighted by Crippen LogP contribution is 2.25. The normalized spacial score (nSPS) is 11.2. The van der Waals surface area contributed by atoms with Crippen molar-refractivity contribution >= 4 is 50.5 Å². The van der Waals surface area contributed by atoms with Gasteiger partial charge in [-0.15, -0.1) is 0 Å². The van der Waals surface area contributed by atoms with Crippen molar-refractivity contribution in [3.05, 3.63) is 101 Å². The zero-order chi connectivity index (χ0) is 22.7. The summed E-state index contributed by atoms with van der Waals surface area (Å²) >= 11 is 11.9. The van der Waals surface area contributed by atoms with Gasteiger partial charge in [-0.1, -0.05) is 41.4 Å². The van der Waals surface area contributed by atoms with Gasteiger partial charge < -0.3 is 5.32 Å². The number of amides is 1. The third-order valence-electron chi connectivity index (χ3n) is 4.46. The van der Waals surface area contributed by atoms with E-state index in [2.05, 4.69) is 15.1 Å². The fourth-order valence-electron chi connectivity index (χ4n) is 2.87. The quantitative estimate of drug-likeness (QED) is 0.390. The van der Waals surface area contributed by atoms with Crippen LogP contribution in [-0.2, 0) is 10.0 Å². The van der Waals surface area contributed by atoms with Crippen LogP contribution in [0.15, 0.2) is 90.1 Å². The van der Waals surface area contributed by atoms with Gasteiger partial charge in [-0.25, -0.2) is 13.1 Å². The SMILES string of the molecule is O=C(Nc1cccc(S(=O)(=O)Nc2ccccc2Cl)c1)c1cnn(-c2ccc(Cl)cc2)c1. The van der Waals surface area contributed by atoms with Gasteiger partial charge in [-0.05, 0) is 54.6 Å². The minimum Gasteiger partial charge on any atom is -0.322 e. The second kappa shape index (κ2) is 9.04. The summed E-state index contributed by atoms with van der Waals surface area (Å²) in [7, 11) is -3.91. The summed E-state index contributed by atoms with van der Waals surface area (Å²) < 4.78 is 29.5. The number of nitrogens with one attached hydrogen (secondary N) is 2. The fraction of sp³-hybridized carbons (Fsp3) is 0. The Morgan fingerprint density at radius 2 is 1.69 bits per heavy atom. The van der Waals surface area contributed by atoms with E-state index in [0.717, 1.165) is 5.69 Å². The first kappa shape index (κ1) is 21.9. The minimum absolute atomic E-state index is 0.0212. The van der Waals surface area contributed by atoms with Gasteiger partial charge in [0, 0.05) is 16.9 Å². The first-order chi connectivity index (χ1) is 15.3. The molecule has 0 atom stereocenters. The van der Waals surface area contributed by atoms with Crippen LogP contribution in [0.3, 0.4) is 0 Å². The smallest absolute Gasteiger partial charge is 0.262 e.